The minimum absolute atomic E-state index is 0.442. The summed E-state index contributed by atoms with van der Waals surface area (Å²) in [5, 5.41) is 13.4. The standard InChI is InChI=1S/C17H28N2O/c1-12(2)9-16(19-7-5-18-6-8-19)15-10-13(3)17(20)14(4)11-15/h10-12,16,18,20H,5-9H2,1-4H3/t16-/m1/s1. The van der Waals surface area contributed by atoms with Crippen LogP contribution in [0.2, 0.25) is 0 Å². The SMILES string of the molecule is Cc1cc([C@@H](CC(C)C)N2CCNCC2)cc(C)c1O. The summed E-state index contributed by atoms with van der Waals surface area (Å²) in [7, 11) is 0. The number of phenols is 1. The maximum atomic E-state index is 9.98. The summed E-state index contributed by atoms with van der Waals surface area (Å²) in [6, 6.07) is 4.80. The first-order chi connectivity index (χ1) is 9.49. The molecule has 2 rings (SSSR count). The molecule has 0 aromatic heterocycles. The molecule has 0 saturated carbocycles. The third-order valence-electron chi connectivity index (χ3n) is 4.19. The first kappa shape index (κ1) is 15.3. The molecule has 1 aromatic carbocycles. The molecule has 0 aliphatic carbocycles. The van der Waals surface area contributed by atoms with Gasteiger partial charge in [-0.25, -0.2) is 0 Å². The van der Waals surface area contributed by atoms with Crippen molar-refractivity contribution < 1.29 is 5.11 Å². The van der Waals surface area contributed by atoms with Gasteiger partial charge in [0.1, 0.15) is 5.75 Å². The minimum atomic E-state index is 0.442. The Morgan fingerprint density at radius 1 is 1.15 bits per heavy atom. The highest BCUT2D eigenvalue weighted by Crippen LogP contribution is 2.32. The zero-order chi connectivity index (χ0) is 14.7. The largest absolute Gasteiger partial charge is 0.507 e. The molecule has 1 atom stereocenters. The lowest BCUT2D eigenvalue weighted by molar-refractivity contribution is 0.154. The highest BCUT2D eigenvalue weighted by Gasteiger charge is 2.23. The van der Waals surface area contributed by atoms with E-state index in [0.29, 0.717) is 17.7 Å². The second-order valence-electron chi connectivity index (χ2n) is 6.43. The number of hydrogen-bond acceptors (Lipinski definition) is 3. The van der Waals surface area contributed by atoms with Gasteiger partial charge in [0.25, 0.3) is 0 Å². The molecular formula is C17H28N2O. The summed E-state index contributed by atoms with van der Waals surface area (Å²) >= 11 is 0. The van der Waals surface area contributed by atoms with Crippen LogP contribution < -0.4 is 5.32 Å². The molecule has 1 heterocycles. The fourth-order valence-electron chi connectivity index (χ4n) is 3.12. The molecule has 1 fully saturated rings. The van der Waals surface area contributed by atoms with Crippen LogP contribution in [0.25, 0.3) is 0 Å². The van der Waals surface area contributed by atoms with E-state index in [1.807, 2.05) is 13.8 Å². The van der Waals surface area contributed by atoms with Gasteiger partial charge in [-0.15, -0.1) is 0 Å². The van der Waals surface area contributed by atoms with Crippen LogP contribution in [0.5, 0.6) is 5.75 Å². The number of nitrogens with zero attached hydrogens (tertiary/aromatic N) is 1. The smallest absolute Gasteiger partial charge is 0.121 e. The van der Waals surface area contributed by atoms with E-state index in [2.05, 4.69) is 36.2 Å². The first-order valence-electron chi connectivity index (χ1n) is 7.74. The van der Waals surface area contributed by atoms with Gasteiger partial charge in [-0.1, -0.05) is 26.0 Å². The van der Waals surface area contributed by atoms with Gasteiger partial charge in [0.2, 0.25) is 0 Å². The Balaban J connectivity index is 2.30. The number of benzene rings is 1. The number of nitrogens with one attached hydrogen (secondary N) is 1. The maximum Gasteiger partial charge on any atom is 0.121 e. The topological polar surface area (TPSA) is 35.5 Å². The highest BCUT2D eigenvalue weighted by molar-refractivity contribution is 5.43. The summed E-state index contributed by atoms with van der Waals surface area (Å²) < 4.78 is 0. The monoisotopic (exact) mass is 276 g/mol. The molecule has 3 heteroatoms. The van der Waals surface area contributed by atoms with Gasteiger partial charge in [-0.2, -0.15) is 0 Å². The van der Waals surface area contributed by atoms with Crippen LogP contribution in [0.15, 0.2) is 12.1 Å². The Hall–Kier alpha value is -1.06. The molecular weight excluding hydrogens is 248 g/mol. The molecule has 1 aliphatic rings. The zero-order valence-electron chi connectivity index (χ0n) is 13.2. The van der Waals surface area contributed by atoms with Gasteiger partial charge in [-0.05, 0) is 42.9 Å². The molecule has 0 radical (unpaired) electrons. The van der Waals surface area contributed by atoms with Crippen LogP contribution in [-0.2, 0) is 0 Å². The summed E-state index contributed by atoms with van der Waals surface area (Å²) in [5.74, 6) is 1.11. The number of hydrogen-bond donors (Lipinski definition) is 2. The third kappa shape index (κ3) is 3.53. The van der Waals surface area contributed by atoms with E-state index in [1.165, 1.54) is 12.0 Å². The van der Waals surface area contributed by atoms with E-state index in [-0.39, 0.29) is 0 Å². The van der Waals surface area contributed by atoms with Gasteiger partial charge < -0.3 is 10.4 Å². The number of aryl methyl sites for hydroxylation is 2. The Labute approximate surface area is 123 Å². The lowest BCUT2D eigenvalue weighted by Crippen LogP contribution is -2.45. The molecule has 0 bridgehead atoms. The van der Waals surface area contributed by atoms with Crippen molar-refractivity contribution in [1.29, 1.82) is 0 Å². The van der Waals surface area contributed by atoms with Crippen molar-refractivity contribution in [1.82, 2.24) is 10.2 Å². The minimum Gasteiger partial charge on any atom is -0.507 e. The normalized spacial score (nSPS) is 18.4. The van der Waals surface area contributed by atoms with E-state index in [0.717, 1.165) is 37.3 Å². The van der Waals surface area contributed by atoms with Gasteiger partial charge in [0.05, 0.1) is 0 Å². The van der Waals surface area contributed by atoms with Crippen molar-refractivity contribution in [2.45, 2.75) is 40.2 Å². The molecule has 112 valence electrons. The zero-order valence-corrected chi connectivity index (χ0v) is 13.2. The van der Waals surface area contributed by atoms with Crippen LogP contribution in [0, 0.1) is 19.8 Å². The molecule has 1 aliphatic heterocycles. The molecule has 0 spiro atoms. The van der Waals surface area contributed by atoms with Crippen molar-refractivity contribution >= 4 is 0 Å². The Morgan fingerprint density at radius 3 is 2.20 bits per heavy atom. The summed E-state index contributed by atoms with van der Waals surface area (Å²) in [5.41, 5.74) is 3.33. The predicted octanol–water partition coefficient (Wildman–Crippen LogP) is 3.00. The van der Waals surface area contributed by atoms with E-state index in [1.54, 1.807) is 0 Å². The number of piperazine rings is 1. The average molecular weight is 276 g/mol. The second-order valence-corrected chi connectivity index (χ2v) is 6.43. The predicted molar refractivity (Wildman–Crippen MR) is 84.2 cm³/mol. The highest BCUT2D eigenvalue weighted by atomic mass is 16.3. The number of rotatable bonds is 4. The molecule has 0 unspecified atom stereocenters. The van der Waals surface area contributed by atoms with Gasteiger partial charge in [-0.3, -0.25) is 4.90 Å². The van der Waals surface area contributed by atoms with Crippen LogP contribution in [0.4, 0.5) is 0 Å². The molecule has 0 amide bonds. The lowest BCUT2D eigenvalue weighted by atomic mass is 9.92. The van der Waals surface area contributed by atoms with Gasteiger partial charge in [0, 0.05) is 32.2 Å². The fraction of sp³-hybridized carbons (Fsp3) is 0.647. The average Bonchev–Trinajstić information content (AvgIpc) is 2.42. The van der Waals surface area contributed by atoms with Gasteiger partial charge >= 0.3 is 0 Å². The Kier molecular flexibility index (Phi) is 5.06. The summed E-state index contributed by atoms with van der Waals surface area (Å²) in [6.07, 6.45) is 1.17. The molecule has 3 nitrogen and oxygen atoms in total. The quantitative estimate of drug-likeness (QED) is 0.887. The number of aromatic hydroxyl groups is 1. The van der Waals surface area contributed by atoms with Gasteiger partial charge in [0.15, 0.2) is 0 Å². The van der Waals surface area contributed by atoms with Crippen LogP contribution >= 0.6 is 0 Å². The van der Waals surface area contributed by atoms with Crippen LogP contribution in [0.3, 0.4) is 0 Å². The van der Waals surface area contributed by atoms with E-state index in [4.69, 9.17) is 0 Å². The summed E-state index contributed by atoms with van der Waals surface area (Å²) in [4.78, 5) is 2.59. The van der Waals surface area contributed by atoms with Crippen molar-refractivity contribution in [2.75, 3.05) is 26.2 Å². The van der Waals surface area contributed by atoms with Crippen molar-refractivity contribution in [2.24, 2.45) is 5.92 Å². The Morgan fingerprint density at radius 2 is 1.70 bits per heavy atom. The molecule has 1 saturated heterocycles. The van der Waals surface area contributed by atoms with Crippen molar-refractivity contribution in [3.8, 4) is 5.75 Å². The third-order valence-corrected chi connectivity index (χ3v) is 4.19. The number of phenolic OH excluding ortho intramolecular Hbond substituents is 1. The van der Waals surface area contributed by atoms with Crippen molar-refractivity contribution in [3.05, 3.63) is 28.8 Å². The first-order valence-corrected chi connectivity index (χ1v) is 7.74. The Bertz CT molecular complexity index is 427. The van der Waals surface area contributed by atoms with Crippen molar-refractivity contribution in [3.63, 3.8) is 0 Å². The molecule has 20 heavy (non-hydrogen) atoms. The van der Waals surface area contributed by atoms with E-state index >= 15 is 0 Å². The lowest BCUT2D eigenvalue weighted by Gasteiger charge is -2.36. The second kappa shape index (κ2) is 6.59. The van der Waals surface area contributed by atoms with E-state index in [9.17, 15) is 5.11 Å². The summed E-state index contributed by atoms with van der Waals surface area (Å²) in [6.45, 7) is 12.9. The maximum absolute atomic E-state index is 9.98. The van der Waals surface area contributed by atoms with Crippen LogP contribution in [0.1, 0.15) is 43.0 Å². The molecule has 2 N–H and O–H groups in total. The fourth-order valence-corrected chi connectivity index (χ4v) is 3.12. The van der Waals surface area contributed by atoms with Crippen LogP contribution in [-0.4, -0.2) is 36.2 Å². The van der Waals surface area contributed by atoms with E-state index < -0.39 is 0 Å². The molecule has 1 aromatic rings.